The van der Waals surface area contributed by atoms with E-state index in [-0.39, 0.29) is 12.1 Å². The van der Waals surface area contributed by atoms with E-state index in [4.69, 9.17) is 15.2 Å². The number of rotatable bonds is 3. The molecule has 0 aliphatic carbocycles. The number of thiophene rings is 1. The number of hydrogen-bond donors (Lipinski definition) is 2. The van der Waals surface area contributed by atoms with Gasteiger partial charge < -0.3 is 20.5 Å². The molecule has 96 valence electrons. The zero-order valence-corrected chi connectivity index (χ0v) is 10.6. The van der Waals surface area contributed by atoms with Crippen LogP contribution in [0.2, 0.25) is 0 Å². The molecule has 1 aliphatic rings. The second kappa shape index (κ2) is 5.05. The van der Waals surface area contributed by atoms with E-state index in [2.05, 4.69) is 15.3 Å². The normalized spacial score (nSPS) is 20.1. The van der Waals surface area contributed by atoms with Gasteiger partial charge in [-0.3, -0.25) is 0 Å². The van der Waals surface area contributed by atoms with Gasteiger partial charge in [-0.25, -0.2) is 4.98 Å². The SMILES string of the molecule is Nc1nc(NCC2COCCO2)c2ccsc2n1. The van der Waals surface area contributed by atoms with E-state index < -0.39 is 0 Å². The summed E-state index contributed by atoms with van der Waals surface area (Å²) in [5, 5.41) is 6.22. The third kappa shape index (κ3) is 2.38. The Kier molecular flexibility index (Phi) is 3.26. The Morgan fingerprint density at radius 2 is 2.39 bits per heavy atom. The molecule has 3 heterocycles. The maximum absolute atomic E-state index is 5.68. The van der Waals surface area contributed by atoms with Gasteiger partial charge in [0, 0.05) is 6.54 Å². The third-order valence-electron chi connectivity index (χ3n) is 2.72. The van der Waals surface area contributed by atoms with Crippen LogP contribution in [0.1, 0.15) is 0 Å². The second-order valence-corrected chi connectivity index (χ2v) is 4.91. The van der Waals surface area contributed by atoms with Crippen molar-refractivity contribution < 1.29 is 9.47 Å². The first-order valence-corrected chi connectivity index (χ1v) is 6.65. The zero-order valence-electron chi connectivity index (χ0n) is 9.76. The molecule has 3 rings (SSSR count). The van der Waals surface area contributed by atoms with Crippen molar-refractivity contribution in [1.29, 1.82) is 0 Å². The van der Waals surface area contributed by atoms with Gasteiger partial charge in [0.15, 0.2) is 0 Å². The van der Waals surface area contributed by atoms with Crippen molar-refractivity contribution in [2.75, 3.05) is 37.4 Å². The Morgan fingerprint density at radius 3 is 3.22 bits per heavy atom. The van der Waals surface area contributed by atoms with Crippen LogP contribution >= 0.6 is 11.3 Å². The lowest BCUT2D eigenvalue weighted by atomic mass is 10.3. The van der Waals surface area contributed by atoms with E-state index in [0.29, 0.717) is 26.4 Å². The summed E-state index contributed by atoms with van der Waals surface area (Å²) in [5.41, 5.74) is 5.68. The van der Waals surface area contributed by atoms with Crippen molar-refractivity contribution in [3.8, 4) is 0 Å². The zero-order chi connectivity index (χ0) is 12.4. The van der Waals surface area contributed by atoms with Crippen molar-refractivity contribution >= 4 is 33.3 Å². The molecule has 6 nitrogen and oxygen atoms in total. The van der Waals surface area contributed by atoms with Gasteiger partial charge in [0.05, 0.1) is 31.3 Å². The first-order valence-electron chi connectivity index (χ1n) is 5.77. The molecule has 2 aromatic rings. The Morgan fingerprint density at radius 1 is 1.44 bits per heavy atom. The third-order valence-corrected chi connectivity index (χ3v) is 3.53. The van der Waals surface area contributed by atoms with Crippen molar-refractivity contribution in [3.05, 3.63) is 11.4 Å². The first-order chi connectivity index (χ1) is 8.83. The van der Waals surface area contributed by atoms with Crippen LogP contribution in [-0.2, 0) is 9.47 Å². The number of ether oxygens (including phenoxy) is 2. The number of aromatic nitrogens is 2. The van der Waals surface area contributed by atoms with Crippen LogP contribution < -0.4 is 11.1 Å². The molecule has 2 aromatic heterocycles. The Bertz CT molecular complexity index is 539. The summed E-state index contributed by atoms with van der Waals surface area (Å²) in [6.45, 7) is 2.58. The Labute approximate surface area is 108 Å². The van der Waals surface area contributed by atoms with E-state index in [0.717, 1.165) is 16.0 Å². The molecule has 0 bridgehead atoms. The predicted molar refractivity (Wildman–Crippen MR) is 70.9 cm³/mol. The molecule has 0 spiro atoms. The molecule has 0 radical (unpaired) electrons. The van der Waals surface area contributed by atoms with Crippen LogP contribution in [-0.4, -0.2) is 42.4 Å². The minimum atomic E-state index is 0.0589. The number of fused-ring (bicyclic) bond motifs is 1. The first kappa shape index (κ1) is 11.6. The number of nitrogen functional groups attached to an aromatic ring is 1. The van der Waals surface area contributed by atoms with Crippen LogP contribution in [0.5, 0.6) is 0 Å². The summed E-state index contributed by atoms with van der Waals surface area (Å²) in [6.07, 6.45) is 0.0589. The minimum Gasteiger partial charge on any atom is -0.376 e. The number of nitrogens with two attached hydrogens (primary N) is 1. The molecule has 1 atom stereocenters. The summed E-state index contributed by atoms with van der Waals surface area (Å²) < 4.78 is 10.9. The molecule has 7 heteroatoms. The Hall–Kier alpha value is -1.44. The molecule has 0 saturated carbocycles. The van der Waals surface area contributed by atoms with Gasteiger partial charge >= 0.3 is 0 Å². The topological polar surface area (TPSA) is 82.3 Å². The highest BCUT2D eigenvalue weighted by Crippen LogP contribution is 2.25. The molecule has 0 aromatic carbocycles. The fourth-order valence-corrected chi connectivity index (χ4v) is 2.64. The largest absolute Gasteiger partial charge is 0.376 e. The van der Waals surface area contributed by atoms with E-state index >= 15 is 0 Å². The second-order valence-electron chi connectivity index (χ2n) is 4.02. The lowest BCUT2D eigenvalue weighted by molar-refractivity contribution is -0.0819. The highest BCUT2D eigenvalue weighted by molar-refractivity contribution is 7.16. The molecular formula is C11H14N4O2S. The Balaban J connectivity index is 1.75. The molecule has 3 N–H and O–H groups in total. The van der Waals surface area contributed by atoms with Gasteiger partial charge in [0.1, 0.15) is 10.6 Å². The number of hydrogen-bond acceptors (Lipinski definition) is 7. The van der Waals surface area contributed by atoms with Crippen LogP contribution in [0.4, 0.5) is 11.8 Å². The van der Waals surface area contributed by atoms with Crippen molar-refractivity contribution in [2.24, 2.45) is 0 Å². The summed E-state index contributed by atoms with van der Waals surface area (Å²) >= 11 is 1.55. The van der Waals surface area contributed by atoms with Crippen LogP contribution in [0.3, 0.4) is 0 Å². The molecule has 18 heavy (non-hydrogen) atoms. The molecule has 1 aliphatic heterocycles. The maximum atomic E-state index is 5.68. The monoisotopic (exact) mass is 266 g/mol. The molecule has 1 saturated heterocycles. The maximum Gasteiger partial charge on any atom is 0.223 e. The van der Waals surface area contributed by atoms with Crippen LogP contribution in [0.25, 0.3) is 10.2 Å². The van der Waals surface area contributed by atoms with Crippen molar-refractivity contribution in [3.63, 3.8) is 0 Å². The lowest BCUT2D eigenvalue weighted by Crippen LogP contribution is -2.34. The molecular weight excluding hydrogens is 252 g/mol. The highest BCUT2D eigenvalue weighted by atomic mass is 32.1. The van der Waals surface area contributed by atoms with Gasteiger partial charge in [-0.15, -0.1) is 11.3 Å². The molecule has 0 amide bonds. The number of nitrogens with one attached hydrogen (secondary N) is 1. The summed E-state index contributed by atoms with van der Waals surface area (Å²) in [5.74, 6) is 1.04. The average Bonchev–Trinajstić information content (AvgIpc) is 2.85. The number of nitrogens with zero attached hydrogens (tertiary/aromatic N) is 2. The number of anilines is 2. The van der Waals surface area contributed by atoms with Crippen molar-refractivity contribution in [2.45, 2.75) is 6.10 Å². The van der Waals surface area contributed by atoms with E-state index in [1.165, 1.54) is 0 Å². The summed E-state index contributed by atoms with van der Waals surface area (Å²) in [4.78, 5) is 9.30. The van der Waals surface area contributed by atoms with E-state index in [1.54, 1.807) is 11.3 Å². The lowest BCUT2D eigenvalue weighted by Gasteiger charge is -2.23. The summed E-state index contributed by atoms with van der Waals surface area (Å²) in [6, 6.07) is 1.99. The summed E-state index contributed by atoms with van der Waals surface area (Å²) in [7, 11) is 0. The van der Waals surface area contributed by atoms with Crippen molar-refractivity contribution in [1.82, 2.24) is 9.97 Å². The standard InChI is InChI=1S/C11H14N4O2S/c12-11-14-9(8-1-4-18-10(8)15-11)13-5-7-6-16-2-3-17-7/h1,4,7H,2-3,5-6H2,(H3,12,13,14,15). The van der Waals surface area contributed by atoms with E-state index in [9.17, 15) is 0 Å². The van der Waals surface area contributed by atoms with Gasteiger partial charge in [-0.1, -0.05) is 0 Å². The van der Waals surface area contributed by atoms with Crippen LogP contribution in [0.15, 0.2) is 11.4 Å². The van der Waals surface area contributed by atoms with Gasteiger partial charge in [-0.05, 0) is 11.4 Å². The van der Waals surface area contributed by atoms with Gasteiger partial charge in [0.2, 0.25) is 5.95 Å². The van der Waals surface area contributed by atoms with Gasteiger partial charge in [-0.2, -0.15) is 4.98 Å². The van der Waals surface area contributed by atoms with E-state index in [1.807, 2.05) is 11.4 Å². The predicted octanol–water partition coefficient (Wildman–Crippen LogP) is 1.10. The molecule has 1 unspecified atom stereocenters. The smallest absolute Gasteiger partial charge is 0.223 e. The fourth-order valence-electron chi connectivity index (χ4n) is 1.87. The quantitative estimate of drug-likeness (QED) is 0.865. The van der Waals surface area contributed by atoms with Crippen LogP contribution in [0, 0.1) is 0 Å². The highest BCUT2D eigenvalue weighted by Gasteiger charge is 2.15. The minimum absolute atomic E-state index is 0.0589. The molecule has 1 fully saturated rings. The fraction of sp³-hybridized carbons (Fsp3) is 0.455. The average molecular weight is 266 g/mol. The van der Waals surface area contributed by atoms with Gasteiger partial charge in [0.25, 0.3) is 0 Å².